The maximum absolute atomic E-state index is 13.7. The molecule has 3 aromatic carbocycles. The Bertz CT molecular complexity index is 1100. The molecule has 0 saturated heterocycles. The van der Waals surface area contributed by atoms with Crippen LogP contribution in [0.15, 0.2) is 78.9 Å². The highest BCUT2D eigenvalue weighted by Crippen LogP contribution is 2.19. The standard InChI is InChI=1S/C31H38N2O2S/c1-4-5-18-32-31(35)29(20-26-11-7-6-8-12-26)33(21-27-16-14-24(2)15-17-27)30(34)23-36-22-28-13-9-10-25(3)19-28/h6-17,19,29H,4-5,18,20-23H2,1-3H3,(H,32,35)/t29-/m0/s1. The van der Waals surface area contributed by atoms with Crippen LogP contribution in [0.25, 0.3) is 0 Å². The summed E-state index contributed by atoms with van der Waals surface area (Å²) in [6.45, 7) is 7.26. The smallest absolute Gasteiger partial charge is 0.243 e. The lowest BCUT2D eigenvalue weighted by molar-refractivity contribution is -0.139. The van der Waals surface area contributed by atoms with Crippen molar-refractivity contribution >= 4 is 23.6 Å². The van der Waals surface area contributed by atoms with Gasteiger partial charge in [-0.25, -0.2) is 0 Å². The lowest BCUT2D eigenvalue weighted by atomic mass is 10.0. The first-order chi connectivity index (χ1) is 17.5. The molecule has 3 rings (SSSR count). The first kappa shape index (κ1) is 27.5. The van der Waals surface area contributed by atoms with Crippen LogP contribution in [0.2, 0.25) is 0 Å². The van der Waals surface area contributed by atoms with Crippen LogP contribution in [-0.4, -0.2) is 35.1 Å². The van der Waals surface area contributed by atoms with Gasteiger partial charge in [-0.15, -0.1) is 11.8 Å². The Morgan fingerprint density at radius 1 is 0.861 bits per heavy atom. The van der Waals surface area contributed by atoms with E-state index < -0.39 is 6.04 Å². The van der Waals surface area contributed by atoms with Gasteiger partial charge in [-0.1, -0.05) is 103 Å². The number of hydrogen-bond acceptors (Lipinski definition) is 3. The molecule has 0 unspecified atom stereocenters. The summed E-state index contributed by atoms with van der Waals surface area (Å²) in [4.78, 5) is 28.9. The molecule has 0 heterocycles. The van der Waals surface area contributed by atoms with E-state index >= 15 is 0 Å². The largest absolute Gasteiger partial charge is 0.354 e. The molecule has 5 heteroatoms. The van der Waals surface area contributed by atoms with E-state index in [2.05, 4.69) is 49.5 Å². The van der Waals surface area contributed by atoms with Crippen molar-refractivity contribution in [2.75, 3.05) is 12.3 Å². The van der Waals surface area contributed by atoms with Crippen LogP contribution in [0.5, 0.6) is 0 Å². The van der Waals surface area contributed by atoms with Crippen LogP contribution in [-0.2, 0) is 28.3 Å². The number of carbonyl (C=O) groups excluding carboxylic acids is 2. The summed E-state index contributed by atoms with van der Waals surface area (Å²) in [5.74, 6) is 0.988. The number of aryl methyl sites for hydroxylation is 2. The molecule has 0 radical (unpaired) electrons. The molecule has 0 aliphatic rings. The van der Waals surface area contributed by atoms with E-state index in [0.29, 0.717) is 25.3 Å². The molecular weight excluding hydrogens is 464 g/mol. The Balaban J connectivity index is 1.82. The summed E-state index contributed by atoms with van der Waals surface area (Å²) < 4.78 is 0. The molecule has 1 N–H and O–H groups in total. The average Bonchev–Trinajstić information content (AvgIpc) is 2.88. The Labute approximate surface area is 220 Å². The van der Waals surface area contributed by atoms with E-state index in [1.54, 1.807) is 16.7 Å². The maximum atomic E-state index is 13.7. The van der Waals surface area contributed by atoms with Gasteiger partial charge in [0.2, 0.25) is 11.8 Å². The number of unbranched alkanes of at least 4 members (excludes halogenated alkanes) is 1. The van der Waals surface area contributed by atoms with Crippen LogP contribution in [0.1, 0.15) is 47.6 Å². The highest BCUT2D eigenvalue weighted by atomic mass is 32.2. The summed E-state index contributed by atoms with van der Waals surface area (Å²) in [6, 6.07) is 26.0. The van der Waals surface area contributed by atoms with Gasteiger partial charge >= 0.3 is 0 Å². The second-order valence-electron chi connectivity index (χ2n) is 9.34. The molecular formula is C31H38N2O2S. The minimum absolute atomic E-state index is 0.0141. The number of thioether (sulfide) groups is 1. The van der Waals surface area contributed by atoms with Gasteiger partial charge < -0.3 is 10.2 Å². The van der Waals surface area contributed by atoms with Gasteiger partial charge in [0, 0.05) is 25.3 Å². The summed E-state index contributed by atoms with van der Waals surface area (Å²) in [7, 11) is 0. The van der Waals surface area contributed by atoms with Crippen molar-refractivity contribution in [1.29, 1.82) is 0 Å². The fourth-order valence-corrected chi connectivity index (χ4v) is 4.95. The average molecular weight is 503 g/mol. The van der Waals surface area contributed by atoms with Crippen LogP contribution in [0.4, 0.5) is 0 Å². The third-order valence-corrected chi connectivity index (χ3v) is 7.14. The lowest BCUT2D eigenvalue weighted by Gasteiger charge is -2.31. The zero-order valence-electron chi connectivity index (χ0n) is 21.7. The quantitative estimate of drug-likeness (QED) is 0.288. The minimum Gasteiger partial charge on any atom is -0.354 e. The maximum Gasteiger partial charge on any atom is 0.243 e. The Kier molecular flexibility index (Phi) is 11.1. The Morgan fingerprint density at radius 3 is 2.28 bits per heavy atom. The van der Waals surface area contributed by atoms with E-state index in [1.807, 2.05) is 55.5 Å². The number of nitrogens with one attached hydrogen (secondary N) is 1. The first-order valence-corrected chi connectivity index (χ1v) is 13.9. The minimum atomic E-state index is -0.572. The molecule has 0 aliphatic carbocycles. The van der Waals surface area contributed by atoms with Gasteiger partial charge in [-0.05, 0) is 37.0 Å². The van der Waals surface area contributed by atoms with Crippen LogP contribution < -0.4 is 5.32 Å². The van der Waals surface area contributed by atoms with Gasteiger partial charge in [0.15, 0.2) is 0 Å². The topological polar surface area (TPSA) is 49.4 Å². The number of carbonyl (C=O) groups is 2. The third kappa shape index (κ3) is 8.87. The Hall–Kier alpha value is -3.05. The van der Waals surface area contributed by atoms with Crippen molar-refractivity contribution in [2.24, 2.45) is 0 Å². The van der Waals surface area contributed by atoms with Crippen molar-refractivity contribution in [3.8, 4) is 0 Å². The van der Waals surface area contributed by atoms with Gasteiger partial charge in [0.05, 0.1) is 5.75 Å². The number of hydrogen-bond donors (Lipinski definition) is 1. The fourth-order valence-electron chi connectivity index (χ4n) is 4.09. The molecule has 3 aromatic rings. The molecule has 0 fully saturated rings. The van der Waals surface area contributed by atoms with E-state index in [0.717, 1.165) is 29.7 Å². The number of amides is 2. The summed E-state index contributed by atoms with van der Waals surface area (Å²) in [5, 5.41) is 3.08. The van der Waals surface area contributed by atoms with E-state index in [4.69, 9.17) is 0 Å². The Morgan fingerprint density at radius 2 is 1.58 bits per heavy atom. The highest BCUT2D eigenvalue weighted by molar-refractivity contribution is 7.99. The van der Waals surface area contributed by atoms with E-state index in [1.165, 1.54) is 16.7 Å². The zero-order valence-corrected chi connectivity index (χ0v) is 22.5. The molecule has 0 bridgehead atoms. The van der Waals surface area contributed by atoms with Crippen molar-refractivity contribution in [1.82, 2.24) is 10.2 Å². The predicted molar refractivity (Wildman–Crippen MR) is 151 cm³/mol. The second-order valence-corrected chi connectivity index (χ2v) is 10.3. The van der Waals surface area contributed by atoms with Gasteiger partial charge in [-0.2, -0.15) is 0 Å². The van der Waals surface area contributed by atoms with Crippen molar-refractivity contribution < 1.29 is 9.59 Å². The SMILES string of the molecule is CCCCNC(=O)[C@H](Cc1ccccc1)N(Cc1ccc(C)cc1)C(=O)CSCc1cccc(C)c1. The fraction of sp³-hybridized carbons (Fsp3) is 0.355. The third-order valence-electron chi connectivity index (χ3n) is 6.15. The van der Waals surface area contributed by atoms with Crippen molar-refractivity contribution in [2.45, 2.75) is 58.4 Å². The van der Waals surface area contributed by atoms with Gasteiger partial charge in [0.25, 0.3) is 0 Å². The molecule has 190 valence electrons. The highest BCUT2D eigenvalue weighted by Gasteiger charge is 2.30. The molecule has 4 nitrogen and oxygen atoms in total. The predicted octanol–water partition coefficient (Wildman–Crippen LogP) is 6.09. The van der Waals surface area contributed by atoms with Crippen LogP contribution in [0, 0.1) is 13.8 Å². The second kappa shape index (κ2) is 14.5. The van der Waals surface area contributed by atoms with Crippen LogP contribution in [0.3, 0.4) is 0 Å². The number of nitrogens with zero attached hydrogens (tertiary/aromatic N) is 1. The number of rotatable bonds is 13. The van der Waals surface area contributed by atoms with Gasteiger partial charge in [0.1, 0.15) is 6.04 Å². The van der Waals surface area contributed by atoms with Crippen LogP contribution >= 0.6 is 11.8 Å². The monoisotopic (exact) mass is 502 g/mol. The molecule has 1 atom stereocenters. The molecule has 0 saturated carbocycles. The lowest BCUT2D eigenvalue weighted by Crippen LogP contribution is -2.51. The van der Waals surface area contributed by atoms with Crippen molar-refractivity contribution in [3.63, 3.8) is 0 Å². The normalized spacial score (nSPS) is 11.6. The molecule has 0 aliphatic heterocycles. The zero-order chi connectivity index (χ0) is 25.8. The summed E-state index contributed by atoms with van der Waals surface area (Å²) >= 11 is 1.60. The van der Waals surface area contributed by atoms with Crippen molar-refractivity contribution in [3.05, 3.63) is 107 Å². The molecule has 36 heavy (non-hydrogen) atoms. The first-order valence-electron chi connectivity index (χ1n) is 12.8. The van der Waals surface area contributed by atoms with E-state index in [-0.39, 0.29) is 11.8 Å². The summed E-state index contributed by atoms with van der Waals surface area (Å²) in [5.41, 5.74) is 5.66. The van der Waals surface area contributed by atoms with Gasteiger partial charge in [-0.3, -0.25) is 9.59 Å². The molecule has 2 amide bonds. The summed E-state index contributed by atoms with van der Waals surface area (Å²) in [6.07, 6.45) is 2.41. The molecule has 0 spiro atoms. The molecule has 0 aromatic heterocycles. The number of benzene rings is 3. The van der Waals surface area contributed by atoms with E-state index in [9.17, 15) is 9.59 Å².